The predicted octanol–water partition coefficient (Wildman–Crippen LogP) is 4.67. The van der Waals surface area contributed by atoms with Gasteiger partial charge < -0.3 is 19.6 Å². The third-order valence-electron chi connectivity index (χ3n) is 6.08. The number of ether oxygens (including phenoxy) is 2. The number of anilines is 1. The van der Waals surface area contributed by atoms with E-state index in [-0.39, 0.29) is 17.3 Å². The number of H-pyrrole nitrogens is 1. The number of rotatable bonds is 5. The zero-order valence-corrected chi connectivity index (χ0v) is 21.2. The summed E-state index contributed by atoms with van der Waals surface area (Å²) in [5.41, 5.74) is 2.87. The second-order valence-corrected chi connectivity index (χ2v) is 9.06. The highest BCUT2D eigenvalue weighted by Crippen LogP contribution is 2.42. The Morgan fingerprint density at radius 1 is 1.11 bits per heavy atom. The summed E-state index contributed by atoms with van der Waals surface area (Å²) in [4.78, 5) is 39.8. The van der Waals surface area contributed by atoms with Crippen molar-refractivity contribution < 1.29 is 24.2 Å². The molecule has 1 aliphatic rings. The zero-order chi connectivity index (χ0) is 25.6. The summed E-state index contributed by atoms with van der Waals surface area (Å²) in [6.07, 6.45) is 3.14. The number of fused-ring (bicyclic) bond motifs is 1. The Morgan fingerprint density at radius 3 is 2.53 bits per heavy atom. The maximum atomic E-state index is 13.4. The number of nitrogens with one attached hydrogen (secondary N) is 1. The van der Waals surface area contributed by atoms with Crippen molar-refractivity contribution in [3.05, 3.63) is 81.6 Å². The van der Waals surface area contributed by atoms with Gasteiger partial charge in [-0.15, -0.1) is 0 Å². The van der Waals surface area contributed by atoms with Crippen LogP contribution in [0.4, 0.5) is 5.95 Å². The number of carbonyl (C=O) groups excluding carboxylic acids is 2. The Balaban J connectivity index is 1.71. The molecule has 0 aliphatic carbocycles. The van der Waals surface area contributed by atoms with E-state index in [4.69, 9.17) is 9.47 Å². The Hall–Kier alpha value is -4.18. The monoisotopic (exact) mass is 548 g/mol. The quantitative estimate of drug-likeness (QED) is 0.211. The first-order valence-electron chi connectivity index (χ1n) is 10.9. The van der Waals surface area contributed by atoms with Crippen molar-refractivity contribution in [2.24, 2.45) is 0 Å². The average molecular weight is 549 g/mol. The van der Waals surface area contributed by atoms with Crippen molar-refractivity contribution in [2.75, 3.05) is 19.1 Å². The van der Waals surface area contributed by atoms with Crippen molar-refractivity contribution in [1.29, 1.82) is 0 Å². The standard InChI is InChI=1S/C26H21BrN4O5/c1-13-9-14(6-7-16(13)27)23(32)21-22(15-5-4-8-28-12-15)31(25(34)24(21)33)26-29-17-10-19(35-2)20(36-3)11-18(17)30-26/h4-12,22,32H,1-3H3,(H,29,30)/b23-21+. The molecule has 182 valence electrons. The lowest BCUT2D eigenvalue weighted by Crippen LogP contribution is -2.30. The van der Waals surface area contributed by atoms with Gasteiger partial charge in [-0.2, -0.15) is 0 Å². The molecular formula is C26H21BrN4O5. The van der Waals surface area contributed by atoms with E-state index in [9.17, 15) is 14.7 Å². The minimum atomic E-state index is -0.952. The Labute approximate surface area is 214 Å². The Bertz CT molecular complexity index is 1510. The lowest BCUT2D eigenvalue weighted by atomic mass is 9.96. The topological polar surface area (TPSA) is 118 Å². The predicted molar refractivity (Wildman–Crippen MR) is 137 cm³/mol. The summed E-state index contributed by atoms with van der Waals surface area (Å²) in [6, 6.07) is 11.1. The third kappa shape index (κ3) is 3.79. The van der Waals surface area contributed by atoms with Crippen LogP contribution in [0.1, 0.15) is 22.7 Å². The number of Topliss-reactive ketones (excluding diaryl/α,β-unsaturated/α-hetero) is 1. The molecule has 0 radical (unpaired) electrons. The Morgan fingerprint density at radius 2 is 1.86 bits per heavy atom. The van der Waals surface area contributed by atoms with Gasteiger partial charge in [0.25, 0.3) is 5.78 Å². The molecule has 1 saturated heterocycles. The molecule has 1 atom stereocenters. The second kappa shape index (κ2) is 9.12. The average Bonchev–Trinajstić information content (AvgIpc) is 3.42. The number of methoxy groups -OCH3 is 2. The maximum Gasteiger partial charge on any atom is 0.302 e. The normalized spacial score (nSPS) is 17.1. The van der Waals surface area contributed by atoms with Crippen LogP contribution in [0.15, 0.2) is 64.9 Å². The number of aliphatic hydroxyl groups is 1. The van der Waals surface area contributed by atoms with Gasteiger partial charge in [-0.3, -0.25) is 19.5 Å². The van der Waals surface area contributed by atoms with E-state index in [2.05, 4.69) is 30.9 Å². The number of aryl methyl sites for hydroxylation is 1. The number of nitrogens with zero attached hydrogens (tertiary/aromatic N) is 3. The summed E-state index contributed by atoms with van der Waals surface area (Å²) in [6.45, 7) is 1.87. The molecule has 0 saturated carbocycles. The molecule has 0 bridgehead atoms. The van der Waals surface area contributed by atoms with Gasteiger partial charge in [-0.1, -0.05) is 28.1 Å². The zero-order valence-electron chi connectivity index (χ0n) is 19.6. The van der Waals surface area contributed by atoms with Gasteiger partial charge in [0.15, 0.2) is 11.5 Å². The van der Waals surface area contributed by atoms with Gasteiger partial charge in [0.2, 0.25) is 5.95 Å². The minimum absolute atomic E-state index is 0.0506. The fourth-order valence-corrected chi connectivity index (χ4v) is 4.54. The van der Waals surface area contributed by atoms with Crippen molar-refractivity contribution >= 4 is 50.4 Å². The van der Waals surface area contributed by atoms with Gasteiger partial charge >= 0.3 is 5.91 Å². The van der Waals surface area contributed by atoms with Crippen molar-refractivity contribution in [2.45, 2.75) is 13.0 Å². The number of imidazole rings is 1. The molecule has 3 heterocycles. The summed E-state index contributed by atoms with van der Waals surface area (Å²) in [5, 5.41) is 11.3. The number of ketones is 1. The molecule has 0 spiro atoms. The van der Waals surface area contributed by atoms with Crippen molar-refractivity contribution in [3.63, 3.8) is 0 Å². The Kier molecular flexibility index (Phi) is 5.97. The van der Waals surface area contributed by atoms with Crippen LogP contribution < -0.4 is 14.4 Å². The molecule has 1 aliphatic heterocycles. The number of aromatic nitrogens is 3. The first kappa shape index (κ1) is 23.6. The number of benzene rings is 2. The minimum Gasteiger partial charge on any atom is -0.507 e. The van der Waals surface area contributed by atoms with E-state index in [1.807, 2.05) is 6.92 Å². The number of carbonyl (C=O) groups is 2. The number of pyridine rings is 1. The van der Waals surface area contributed by atoms with Gasteiger partial charge in [-0.25, -0.2) is 4.98 Å². The van der Waals surface area contributed by atoms with Crippen LogP contribution in [-0.4, -0.2) is 46.0 Å². The molecule has 2 aromatic heterocycles. The van der Waals surface area contributed by atoms with Crippen LogP contribution in [-0.2, 0) is 9.59 Å². The molecule has 2 aromatic carbocycles. The first-order valence-corrected chi connectivity index (χ1v) is 11.7. The van der Waals surface area contributed by atoms with E-state index >= 15 is 0 Å². The van der Waals surface area contributed by atoms with Gasteiger partial charge in [-0.05, 0) is 36.2 Å². The van der Waals surface area contributed by atoms with E-state index < -0.39 is 17.7 Å². The number of amides is 1. The largest absolute Gasteiger partial charge is 0.507 e. The molecule has 1 amide bonds. The van der Waals surface area contributed by atoms with Crippen LogP contribution in [0.5, 0.6) is 11.5 Å². The highest BCUT2D eigenvalue weighted by atomic mass is 79.9. The summed E-state index contributed by atoms with van der Waals surface area (Å²) < 4.78 is 11.6. The molecule has 10 heteroatoms. The number of halogens is 1. The molecular weight excluding hydrogens is 528 g/mol. The van der Waals surface area contributed by atoms with Crippen molar-refractivity contribution in [1.82, 2.24) is 15.0 Å². The number of aliphatic hydroxyl groups excluding tert-OH is 1. The molecule has 1 fully saturated rings. The fraction of sp³-hybridized carbons (Fsp3) is 0.154. The van der Waals surface area contributed by atoms with Crippen LogP contribution in [0, 0.1) is 6.92 Å². The van der Waals surface area contributed by atoms with Crippen molar-refractivity contribution in [3.8, 4) is 11.5 Å². The SMILES string of the molecule is COc1cc2nc(N3C(=O)C(=O)/C(=C(/O)c4ccc(Br)c(C)c4)C3c3cccnc3)[nH]c2cc1OC. The molecule has 9 nitrogen and oxygen atoms in total. The van der Waals surface area contributed by atoms with E-state index in [1.165, 1.54) is 19.1 Å². The summed E-state index contributed by atoms with van der Waals surface area (Å²) in [7, 11) is 3.04. The van der Waals surface area contributed by atoms with Gasteiger partial charge in [0.05, 0.1) is 36.9 Å². The van der Waals surface area contributed by atoms with E-state index in [1.54, 1.807) is 54.9 Å². The van der Waals surface area contributed by atoms with Crippen LogP contribution in [0.25, 0.3) is 16.8 Å². The van der Waals surface area contributed by atoms with Gasteiger partial charge in [0.1, 0.15) is 5.76 Å². The molecule has 2 N–H and O–H groups in total. The highest BCUT2D eigenvalue weighted by molar-refractivity contribution is 9.10. The van der Waals surface area contributed by atoms with Gasteiger partial charge in [0, 0.05) is 34.6 Å². The molecule has 36 heavy (non-hydrogen) atoms. The number of hydrogen-bond acceptors (Lipinski definition) is 7. The van der Waals surface area contributed by atoms with E-state index in [0.29, 0.717) is 33.7 Å². The molecule has 4 aromatic rings. The highest BCUT2D eigenvalue weighted by Gasteiger charge is 2.48. The maximum absolute atomic E-state index is 13.4. The first-order chi connectivity index (χ1) is 17.3. The van der Waals surface area contributed by atoms with E-state index in [0.717, 1.165) is 10.0 Å². The molecule has 1 unspecified atom stereocenters. The molecule has 5 rings (SSSR count). The second-order valence-electron chi connectivity index (χ2n) is 8.20. The number of aromatic amines is 1. The lowest BCUT2D eigenvalue weighted by Gasteiger charge is -2.22. The van der Waals surface area contributed by atoms with Crippen LogP contribution in [0.2, 0.25) is 0 Å². The lowest BCUT2D eigenvalue weighted by molar-refractivity contribution is -0.132. The summed E-state index contributed by atoms with van der Waals surface area (Å²) >= 11 is 3.44. The summed E-state index contributed by atoms with van der Waals surface area (Å²) in [5.74, 6) is -0.826. The van der Waals surface area contributed by atoms with Crippen LogP contribution >= 0.6 is 15.9 Å². The fourth-order valence-electron chi connectivity index (χ4n) is 4.29. The van der Waals surface area contributed by atoms with Crippen LogP contribution in [0.3, 0.4) is 0 Å². The number of hydrogen-bond donors (Lipinski definition) is 2. The smallest absolute Gasteiger partial charge is 0.302 e. The third-order valence-corrected chi connectivity index (χ3v) is 6.97.